The lowest BCUT2D eigenvalue weighted by Gasteiger charge is -2.19. The van der Waals surface area contributed by atoms with E-state index < -0.39 is 0 Å². The molecule has 0 radical (unpaired) electrons. The summed E-state index contributed by atoms with van der Waals surface area (Å²) < 4.78 is 0. The number of likely N-dealkylation sites (N-methyl/N-ethyl adjacent to an activating group) is 1. The number of nitrogens with zero attached hydrogens (tertiary/aromatic N) is 2. The number of hydrogen-bond donors (Lipinski definition) is 2. The maximum Gasteiger partial charge on any atom is 0.243 e. The predicted octanol–water partition coefficient (Wildman–Crippen LogP) is 2.22. The molecule has 106 valence electrons. The fourth-order valence-corrected chi connectivity index (χ4v) is 1.97. The van der Waals surface area contributed by atoms with Crippen molar-refractivity contribution in [3.05, 3.63) is 54.1 Å². The predicted molar refractivity (Wildman–Crippen MR) is 83.9 cm³/mol. The van der Waals surface area contributed by atoms with Crippen molar-refractivity contribution in [2.24, 2.45) is 0 Å². The molecule has 0 aliphatic carbocycles. The summed E-state index contributed by atoms with van der Waals surface area (Å²) in [5.41, 5.74) is 8.20. The summed E-state index contributed by atoms with van der Waals surface area (Å²) in [6, 6.07) is 16.2. The fraction of sp³-hybridized carbons (Fsp3) is 0.125. The van der Waals surface area contributed by atoms with Gasteiger partial charge in [-0.3, -0.25) is 4.79 Å². The van der Waals surface area contributed by atoms with Crippen molar-refractivity contribution in [3.8, 4) is 6.07 Å². The topological polar surface area (TPSA) is 82.2 Å². The molecule has 0 atom stereocenters. The van der Waals surface area contributed by atoms with E-state index in [0.29, 0.717) is 16.9 Å². The zero-order chi connectivity index (χ0) is 15.2. The Bertz CT molecular complexity index is 673. The molecule has 2 aromatic carbocycles. The van der Waals surface area contributed by atoms with Crippen LogP contribution in [0.3, 0.4) is 0 Å². The van der Waals surface area contributed by atoms with Gasteiger partial charge in [-0.1, -0.05) is 12.1 Å². The first kappa shape index (κ1) is 14.4. The molecule has 5 nitrogen and oxygen atoms in total. The van der Waals surface area contributed by atoms with Gasteiger partial charge in [-0.15, -0.1) is 0 Å². The van der Waals surface area contributed by atoms with E-state index in [9.17, 15) is 4.79 Å². The highest BCUT2D eigenvalue weighted by Gasteiger charge is 2.10. The summed E-state index contributed by atoms with van der Waals surface area (Å²) in [5, 5.41) is 11.9. The van der Waals surface area contributed by atoms with E-state index in [1.54, 1.807) is 48.3 Å². The Balaban J connectivity index is 2.02. The molecule has 0 unspecified atom stereocenters. The van der Waals surface area contributed by atoms with Crippen molar-refractivity contribution >= 4 is 23.0 Å². The summed E-state index contributed by atoms with van der Waals surface area (Å²) in [5.74, 6) is -0.157. The number of carbonyl (C=O) groups excluding carboxylic acids is 1. The molecule has 0 saturated heterocycles. The van der Waals surface area contributed by atoms with Gasteiger partial charge in [-0.25, -0.2) is 0 Å². The number of nitrogens with two attached hydrogens (primary N) is 1. The number of hydrogen-bond acceptors (Lipinski definition) is 4. The SMILES string of the molecule is CN(CC(=O)Nc1ccc(N)cc1)c1ccccc1C#N. The third kappa shape index (κ3) is 3.74. The Morgan fingerprint density at radius 1 is 1.24 bits per heavy atom. The summed E-state index contributed by atoms with van der Waals surface area (Å²) in [6.07, 6.45) is 0. The minimum atomic E-state index is -0.157. The molecule has 0 aliphatic rings. The molecule has 3 N–H and O–H groups in total. The van der Waals surface area contributed by atoms with Crippen LogP contribution >= 0.6 is 0 Å². The van der Waals surface area contributed by atoms with Crippen molar-refractivity contribution in [3.63, 3.8) is 0 Å². The van der Waals surface area contributed by atoms with Crippen LogP contribution in [-0.2, 0) is 4.79 Å². The Morgan fingerprint density at radius 3 is 2.57 bits per heavy atom. The third-order valence-electron chi connectivity index (χ3n) is 3.01. The molecular formula is C16H16N4O. The molecule has 0 aliphatic heterocycles. The van der Waals surface area contributed by atoms with Crippen LogP contribution in [0.5, 0.6) is 0 Å². The number of anilines is 3. The number of benzene rings is 2. The highest BCUT2D eigenvalue weighted by atomic mass is 16.2. The molecule has 0 fully saturated rings. The van der Waals surface area contributed by atoms with Gasteiger partial charge in [0.15, 0.2) is 0 Å². The average molecular weight is 280 g/mol. The van der Waals surface area contributed by atoms with Crippen LogP contribution in [0.25, 0.3) is 0 Å². The van der Waals surface area contributed by atoms with Gasteiger partial charge in [0.1, 0.15) is 6.07 Å². The first-order chi connectivity index (χ1) is 10.1. The monoisotopic (exact) mass is 280 g/mol. The number of nitriles is 1. The van der Waals surface area contributed by atoms with Gasteiger partial charge in [-0.05, 0) is 36.4 Å². The van der Waals surface area contributed by atoms with Gasteiger partial charge in [-0.2, -0.15) is 5.26 Å². The number of carbonyl (C=O) groups is 1. The molecule has 0 aromatic heterocycles. The lowest BCUT2D eigenvalue weighted by molar-refractivity contribution is -0.114. The minimum absolute atomic E-state index is 0.156. The number of amides is 1. The smallest absolute Gasteiger partial charge is 0.243 e. The zero-order valence-corrected chi connectivity index (χ0v) is 11.7. The van der Waals surface area contributed by atoms with Crippen LogP contribution in [-0.4, -0.2) is 19.5 Å². The van der Waals surface area contributed by atoms with E-state index in [1.165, 1.54) is 0 Å². The largest absolute Gasteiger partial charge is 0.399 e. The summed E-state index contributed by atoms with van der Waals surface area (Å²) in [7, 11) is 1.78. The van der Waals surface area contributed by atoms with Gasteiger partial charge < -0.3 is 16.0 Å². The second-order valence-electron chi connectivity index (χ2n) is 4.66. The third-order valence-corrected chi connectivity index (χ3v) is 3.01. The molecule has 2 rings (SSSR count). The highest BCUT2D eigenvalue weighted by Crippen LogP contribution is 2.18. The molecule has 1 amide bonds. The molecule has 2 aromatic rings. The molecule has 21 heavy (non-hydrogen) atoms. The van der Waals surface area contributed by atoms with Crippen LogP contribution < -0.4 is 16.0 Å². The number of rotatable bonds is 4. The van der Waals surface area contributed by atoms with Gasteiger partial charge in [0.05, 0.1) is 17.8 Å². The van der Waals surface area contributed by atoms with E-state index in [-0.39, 0.29) is 12.5 Å². The van der Waals surface area contributed by atoms with Crippen molar-refractivity contribution in [1.29, 1.82) is 5.26 Å². The fourth-order valence-electron chi connectivity index (χ4n) is 1.97. The van der Waals surface area contributed by atoms with Crippen molar-refractivity contribution in [1.82, 2.24) is 0 Å². The van der Waals surface area contributed by atoms with Crippen molar-refractivity contribution < 1.29 is 4.79 Å². The van der Waals surface area contributed by atoms with Gasteiger partial charge in [0, 0.05) is 18.4 Å². The Morgan fingerprint density at radius 2 is 1.90 bits per heavy atom. The van der Waals surface area contributed by atoms with Crippen LogP contribution in [0.15, 0.2) is 48.5 Å². The lowest BCUT2D eigenvalue weighted by Crippen LogP contribution is -2.30. The molecule has 0 saturated carbocycles. The second-order valence-corrected chi connectivity index (χ2v) is 4.66. The molecule has 0 spiro atoms. The van der Waals surface area contributed by atoms with Crippen LogP contribution in [0.2, 0.25) is 0 Å². The Kier molecular flexibility index (Phi) is 4.42. The van der Waals surface area contributed by atoms with E-state index in [0.717, 1.165) is 5.69 Å². The number of nitrogens with one attached hydrogen (secondary N) is 1. The summed E-state index contributed by atoms with van der Waals surface area (Å²) >= 11 is 0. The summed E-state index contributed by atoms with van der Waals surface area (Å²) in [6.45, 7) is 0.156. The second kappa shape index (κ2) is 6.44. The van der Waals surface area contributed by atoms with Crippen LogP contribution in [0.1, 0.15) is 5.56 Å². The van der Waals surface area contributed by atoms with Crippen LogP contribution in [0.4, 0.5) is 17.1 Å². The van der Waals surface area contributed by atoms with E-state index in [1.807, 2.05) is 12.1 Å². The van der Waals surface area contributed by atoms with Gasteiger partial charge in [0.25, 0.3) is 0 Å². The minimum Gasteiger partial charge on any atom is -0.399 e. The van der Waals surface area contributed by atoms with Crippen molar-refractivity contribution in [2.75, 3.05) is 29.5 Å². The van der Waals surface area contributed by atoms with E-state index in [4.69, 9.17) is 11.0 Å². The van der Waals surface area contributed by atoms with E-state index >= 15 is 0 Å². The Labute approximate surface area is 123 Å². The maximum atomic E-state index is 12.0. The Hall–Kier alpha value is -3.00. The maximum absolute atomic E-state index is 12.0. The average Bonchev–Trinajstić information content (AvgIpc) is 2.49. The molecule has 5 heteroatoms. The molecular weight excluding hydrogens is 264 g/mol. The van der Waals surface area contributed by atoms with Crippen LogP contribution in [0, 0.1) is 11.3 Å². The quantitative estimate of drug-likeness (QED) is 0.841. The van der Waals surface area contributed by atoms with Gasteiger partial charge >= 0.3 is 0 Å². The van der Waals surface area contributed by atoms with Crippen molar-refractivity contribution in [2.45, 2.75) is 0 Å². The summed E-state index contributed by atoms with van der Waals surface area (Å²) in [4.78, 5) is 13.8. The highest BCUT2D eigenvalue weighted by molar-refractivity contribution is 5.94. The zero-order valence-electron chi connectivity index (χ0n) is 11.7. The first-order valence-electron chi connectivity index (χ1n) is 6.46. The van der Waals surface area contributed by atoms with E-state index in [2.05, 4.69) is 11.4 Å². The number of para-hydroxylation sites is 1. The lowest BCUT2D eigenvalue weighted by atomic mass is 10.2. The first-order valence-corrected chi connectivity index (χ1v) is 6.46. The normalized spacial score (nSPS) is 9.71. The standard InChI is InChI=1S/C16H16N4O/c1-20(15-5-3-2-4-12(15)10-17)11-16(21)19-14-8-6-13(18)7-9-14/h2-9H,11,18H2,1H3,(H,19,21). The molecule has 0 heterocycles. The number of nitrogen functional groups attached to an aromatic ring is 1. The molecule has 0 bridgehead atoms. The van der Waals surface area contributed by atoms with Gasteiger partial charge in [0.2, 0.25) is 5.91 Å².